The number of methoxy groups -OCH3 is 3. The van der Waals surface area contributed by atoms with Crippen LogP contribution in [0.2, 0.25) is 0 Å². The van der Waals surface area contributed by atoms with Crippen molar-refractivity contribution in [2.75, 3.05) is 26.6 Å². The summed E-state index contributed by atoms with van der Waals surface area (Å²) in [7, 11) is 4.30. The predicted octanol–water partition coefficient (Wildman–Crippen LogP) is 2.54. The molecule has 3 N–H and O–H groups in total. The van der Waals surface area contributed by atoms with Gasteiger partial charge in [0, 0.05) is 0 Å². The Kier molecular flexibility index (Phi) is 6.56. The molecule has 0 bridgehead atoms. The van der Waals surface area contributed by atoms with Gasteiger partial charge in [-0.05, 0) is 42.5 Å². The first-order chi connectivity index (χ1) is 12.9. The molecule has 0 saturated heterocycles. The number of carbonyl (C=O) groups is 2. The van der Waals surface area contributed by atoms with Crippen molar-refractivity contribution in [2.45, 2.75) is 0 Å². The van der Waals surface area contributed by atoms with Gasteiger partial charge in [0.05, 0.1) is 32.6 Å². The molecule has 1 amide bonds. The molecule has 0 saturated carbocycles. The van der Waals surface area contributed by atoms with Crippen LogP contribution in [0.15, 0.2) is 36.4 Å². The van der Waals surface area contributed by atoms with Gasteiger partial charge in [-0.15, -0.1) is 0 Å². The standard InChI is InChI=1S/C18H18N2O6S/c1-24-12-8-7-10(17(22)23)9-11(12)19-18(27)20-16(21)15-13(25-2)5-4-6-14(15)26-3/h4-9H,1-3H3,(H,22,23)(H2,19,20,21,27). The summed E-state index contributed by atoms with van der Waals surface area (Å²) >= 11 is 5.16. The number of ether oxygens (including phenoxy) is 3. The van der Waals surface area contributed by atoms with Crippen LogP contribution in [-0.4, -0.2) is 43.4 Å². The number of anilines is 1. The summed E-state index contributed by atoms with van der Waals surface area (Å²) in [5.74, 6) is -0.642. The minimum atomic E-state index is -1.10. The molecule has 0 unspecified atom stereocenters. The minimum Gasteiger partial charge on any atom is -0.496 e. The van der Waals surface area contributed by atoms with E-state index in [-0.39, 0.29) is 16.2 Å². The summed E-state index contributed by atoms with van der Waals surface area (Å²) in [6.45, 7) is 0. The van der Waals surface area contributed by atoms with E-state index in [1.165, 1.54) is 39.5 Å². The highest BCUT2D eigenvalue weighted by Gasteiger charge is 2.19. The molecule has 2 rings (SSSR count). The predicted molar refractivity (Wildman–Crippen MR) is 103 cm³/mol. The van der Waals surface area contributed by atoms with Crippen molar-refractivity contribution in [1.82, 2.24) is 5.32 Å². The van der Waals surface area contributed by atoms with Crippen molar-refractivity contribution in [2.24, 2.45) is 0 Å². The molecular weight excluding hydrogens is 372 g/mol. The smallest absolute Gasteiger partial charge is 0.335 e. The number of carboxylic acids is 1. The quantitative estimate of drug-likeness (QED) is 0.646. The highest BCUT2D eigenvalue weighted by Crippen LogP contribution is 2.28. The summed E-state index contributed by atoms with van der Waals surface area (Å²) in [4.78, 5) is 23.8. The topological polar surface area (TPSA) is 106 Å². The van der Waals surface area contributed by atoms with Crippen molar-refractivity contribution in [3.63, 3.8) is 0 Å². The highest BCUT2D eigenvalue weighted by atomic mass is 32.1. The van der Waals surface area contributed by atoms with Gasteiger partial charge in [0.25, 0.3) is 5.91 Å². The lowest BCUT2D eigenvalue weighted by Crippen LogP contribution is -2.34. The first kappa shape index (κ1) is 20.0. The number of hydrogen-bond donors (Lipinski definition) is 3. The van der Waals surface area contributed by atoms with Gasteiger partial charge >= 0.3 is 5.97 Å². The summed E-state index contributed by atoms with van der Waals surface area (Å²) in [6, 6.07) is 9.16. The Morgan fingerprint density at radius 2 is 1.56 bits per heavy atom. The molecule has 0 radical (unpaired) electrons. The summed E-state index contributed by atoms with van der Waals surface area (Å²) in [5, 5.41) is 14.3. The first-order valence-corrected chi connectivity index (χ1v) is 8.06. The highest BCUT2D eigenvalue weighted by molar-refractivity contribution is 7.80. The zero-order valence-electron chi connectivity index (χ0n) is 14.9. The maximum Gasteiger partial charge on any atom is 0.335 e. The van der Waals surface area contributed by atoms with Crippen LogP contribution in [0.25, 0.3) is 0 Å². The van der Waals surface area contributed by atoms with Crippen molar-refractivity contribution in [1.29, 1.82) is 0 Å². The second-order valence-corrected chi connectivity index (χ2v) is 5.57. The van der Waals surface area contributed by atoms with Gasteiger partial charge in [-0.1, -0.05) is 6.07 Å². The number of thiocarbonyl (C=S) groups is 1. The molecule has 0 aliphatic heterocycles. The fourth-order valence-corrected chi connectivity index (χ4v) is 2.54. The second kappa shape index (κ2) is 8.86. The van der Waals surface area contributed by atoms with Crippen LogP contribution >= 0.6 is 12.2 Å². The van der Waals surface area contributed by atoms with E-state index in [0.29, 0.717) is 22.9 Å². The van der Waals surface area contributed by atoms with E-state index in [9.17, 15) is 9.59 Å². The normalized spacial score (nSPS) is 9.89. The van der Waals surface area contributed by atoms with Crippen molar-refractivity contribution < 1.29 is 28.9 Å². The lowest BCUT2D eigenvalue weighted by molar-refractivity contribution is 0.0696. The molecule has 2 aromatic rings. The molecule has 0 aromatic heterocycles. The Morgan fingerprint density at radius 1 is 0.963 bits per heavy atom. The van der Waals surface area contributed by atoms with Crippen molar-refractivity contribution in [3.05, 3.63) is 47.5 Å². The van der Waals surface area contributed by atoms with E-state index in [4.69, 9.17) is 31.5 Å². The zero-order valence-corrected chi connectivity index (χ0v) is 15.7. The van der Waals surface area contributed by atoms with E-state index in [1.807, 2.05) is 0 Å². The minimum absolute atomic E-state index is 0.0406. The molecule has 0 heterocycles. The summed E-state index contributed by atoms with van der Waals surface area (Å²) in [5.41, 5.74) is 0.520. The van der Waals surface area contributed by atoms with E-state index >= 15 is 0 Å². The molecule has 0 aliphatic carbocycles. The third kappa shape index (κ3) is 4.64. The maximum atomic E-state index is 12.6. The molecule has 0 fully saturated rings. The fraction of sp³-hybridized carbons (Fsp3) is 0.167. The van der Waals surface area contributed by atoms with Gasteiger partial charge in [0.1, 0.15) is 22.8 Å². The van der Waals surface area contributed by atoms with Crippen LogP contribution in [0.5, 0.6) is 17.2 Å². The van der Waals surface area contributed by atoms with Crippen LogP contribution in [0.4, 0.5) is 5.69 Å². The molecule has 0 spiro atoms. The number of hydrogen-bond acceptors (Lipinski definition) is 6. The molecule has 0 aliphatic rings. The second-order valence-electron chi connectivity index (χ2n) is 5.17. The lowest BCUT2D eigenvalue weighted by atomic mass is 10.1. The number of rotatable bonds is 6. The average molecular weight is 390 g/mol. The monoisotopic (exact) mass is 390 g/mol. The van der Waals surface area contributed by atoms with Crippen LogP contribution in [0.3, 0.4) is 0 Å². The molecule has 2 aromatic carbocycles. The van der Waals surface area contributed by atoms with Crippen LogP contribution in [0, 0.1) is 0 Å². The largest absolute Gasteiger partial charge is 0.496 e. The number of benzene rings is 2. The van der Waals surface area contributed by atoms with Crippen LogP contribution in [0.1, 0.15) is 20.7 Å². The van der Waals surface area contributed by atoms with Crippen LogP contribution in [-0.2, 0) is 0 Å². The molecule has 142 valence electrons. The number of aromatic carboxylic acids is 1. The van der Waals surface area contributed by atoms with Gasteiger partial charge in [0.15, 0.2) is 5.11 Å². The molecule has 27 heavy (non-hydrogen) atoms. The molecule has 8 nitrogen and oxygen atoms in total. The number of amides is 1. The maximum absolute atomic E-state index is 12.6. The van der Waals surface area contributed by atoms with Gasteiger partial charge in [-0.2, -0.15) is 0 Å². The van der Waals surface area contributed by atoms with Gasteiger partial charge in [-0.25, -0.2) is 4.79 Å². The van der Waals surface area contributed by atoms with E-state index in [0.717, 1.165) is 0 Å². The molecule has 9 heteroatoms. The van der Waals surface area contributed by atoms with E-state index in [2.05, 4.69) is 10.6 Å². The number of nitrogens with one attached hydrogen (secondary N) is 2. The SMILES string of the molecule is COc1ccc(C(=O)O)cc1NC(=S)NC(=O)c1c(OC)cccc1OC. The Bertz CT molecular complexity index is 862. The van der Waals surface area contributed by atoms with Gasteiger partial charge < -0.3 is 24.6 Å². The van der Waals surface area contributed by atoms with E-state index < -0.39 is 11.9 Å². The molecule has 0 atom stereocenters. The number of carbonyl (C=O) groups excluding carboxylic acids is 1. The Balaban J connectivity index is 2.23. The summed E-state index contributed by atoms with van der Waals surface area (Å²) in [6.07, 6.45) is 0. The van der Waals surface area contributed by atoms with Crippen molar-refractivity contribution >= 4 is 34.9 Å². The van der Waals surface area contributed by atoms with Gasteiger partial charge in [-0.3, -0.25) is 10.1 Å². The fourth-order valence-electron chi connectivity index (χ4n) is 2.33. The summed E-state index contributed by atoms with van der Waals surface area (Å²) < 4.78 is 15.6. The third-order valence-electron chi connectivity index (χ3n) is 3.58. The Hall–Kier alpha value is -3.33. The Morgan fingerprint density at radius 3 is 2.07 bits per heavy atom. The first-order valence-electron chi connectivity index (χ1n) is 7.66. The van der Waals surface area contributed by atoms with Gasteiger partial charge in [0.2, 0.25) is 0 Å². The average Bonchev–Trinajstić information content (AvgIpc) is 2.66. The number of carboxylic acid groups (broad SMARTS) is 1. The third-order valence-corrected chi connectivity index (χ3v) is 3.78. The molecular formula is C18H18N2O6S. The lowest BCUT2D eigenvalue weighted by Gasteiger charge is -2.15. The van der Waals surface area contributed by atoms with Crippen molar-refractivity contribution in [3.8, 4) is 17.2 Å². The zero-order chi connectivity index (χ0) is 20.0. The van der Waals surface area contributed by atoms with E-state index in [1.54, 1.807) is 18.2 Å². The van der Waals surface area contributed by atoms with Crippen LogP contribution < -0.4 is 24.8 Å². The Labute approximate surface area is 161 Å².